The molecule has 3 amide bonds. The van der Waals surface area contributed by atoms with E-state index >= 15 is 0 Å². The molecular formula is C47H52N8O6S2. The summed E-state index contributed by atoms with van der Waals surface area (Å²) < 4.78 is 5.87. The van der Waals surface area contributed by atoms with Gasteiger partial charge in [0.25, 0.3) is 0 Å². The summed E-state index contributed by atoms with van der Waals surface area (Å²) >= 11 is 3.22. The van der Waals surface area contributed by atoms with Gasteiger partial charge in [0.15, 0.2) is 11.6 Å². The van der Waals surface area contributed by atoms with Gasteiger partial charge in [-0.2, -0.15) is 0 Å². The summed E-state index contributed by atoms with van der Waals surface area (Å²) in [6.45, 7) is 12.5. The van der Waals surface area contributed by atoms with E-state index in [2.05, 4.69) is 37.5 Å². The number of aliphatic hydroxyl groups excluding tert-OH is 1. The number of aromatic nitrogens is 4. The van der Waals surface area contributed by atoms with E-state index in [0.717, 1.165) is 37.5 Å². The van der Waals surface area contributed by atoms with Crippen LogP contribution in [0.5, 0.6) is 5.75 Å². The predicted molar refractivity (Wildman–Crippen MR) is 243 cm³/mol. The number of β-amino-alcohol motifs (C(OH)–C–C–N with tert-alkyl or cyclic N) is 1. The quantitative estimate of drug-likeness (QED) is 0.120. The van der Waals surface area contributed by atoms with Gasteiger partial charge in [0.1, 0.15) is 22.5 Å². The first kappa shape index (κ1) is 42.6. The van der Waals surface area contributed by atoms with Crippen LogP contribution in [0.25, 0.3) is 31.9 Å². The van der Waals surface area contributed by atoms with Gasteiger partial charge in [-0.25, -0.2) is 4.98 Å². The maximum Gasteiger partial charge on any atom is 0.243 e. The number of likely N-dealkylation sites (tertiary alicyclic amines) is 2. The fourth-order valence-corrected chi connectivity index (χ4v) is 11.4. The number of rotatable bonds is 11. The third-order valence-corrected chi connectivity index (χ3v) is 15.4. The van der Waals surface area contributed by atoms with Crippen LogP contribution in [0.3, 0.4) is 0 Å². The van der Waals surface area contributed by atoms with Crippen LogP contribution in [-0.2, 0) is 14.4 Å². The Kier molecular flexibility index (Phi) is 11.8. The average Bonchev–Trinajstić information content (AvgIpc) is 4.07. The van der Waals surface area contributed by atoms with Crippen molar-refractivity contribution >= 4 is 56.4 Å². The van der Waals surface area contributed by atoms with E-state index in [0.29, 0.717) is 61.9 Å². The number of carbonyl (C=O) groups excluding carboxylic acids is 3. The number of hydrogen-bond acceptors (Lipinski definition) is 13. The Morgan fingerprint density at radius 1 is 0.952 bits per heavy atom. The number of piperidine rings is 1. The van der Waals surface area contributed by atoms with Crippen LogP contribution in [0.1, 0.15) is 85.4 Å². The maximum atomic E-state index is 14.3. The molecule has 3 N–H and O–H groups in total. The Hall–Kier alpha value is -5.71. The van der Waals surface area contributed by atoms with E-state index in [-0.39, 0.29) is 60.2 Å². The van der Waals surface area contributed by atoms with Crippen LogP contribution in [0.2, 0.25) is 0 Å². The molecule has 7 heterocycles. The molecule has 328 valence electrons. The molecule has 16 heteroatoms. The van der Waals surface area contributed by atoms with E-state index < -0.39 is 18.1 Å². The van der Waals surface area contributed by atoms with Crippen molar-refractivity contribution < 1.29 is 29.1 Å². The first-order valence-corrected chi connectivity index (χ1v) is 23.4. The lowest BCUT2D eigenvalue weighted by Crippen LogP contribution is -2.52. The summed E-state index contributed by atoms with van der Waals surface area (Å²) in [4.78, 5) is 54.9. The topological polar surface area (TPSA) is 178 Å². The number of nitrogens with zero attached hydrogens (tertiary/aromatic N) is 7. The fraction of sp³-hybridized carbons (Fsp3) is 0.426. The van der Waals surface area contributed by atoms with Gasteiger partial charge in [-0.05, 0) is 74.4 Å². The summed E-state index contributed by atoms with van der Waals surface area (Å²) in [5.41, 5.74) is 7.23. The summed E-state index contributed by atoms with van der Waals surface area (Å²) in [7, 11) is 0. The number of aromatic hydroxyl groups is 1. The van der Waals surface area contributed by atoms with Crippen molar-refractivity contribution in [2.75, 3.05) is 37.6 Å². The normalized spacial score (nSPS) is 19.4. The molecule has 4 aromatic heterocycles. The van der Waals surface area contributed by atoms with E-state index in [9.17, 15) is 24.6 Å². The van der Waals surface area contributed by atoms with Crippen molar-refractivity contribution in [3.63, 3.8) is 0 Å². The highest BCUT2D eigenvalue weighted by molar-refractivity contribution is 7.19. The van der Waals surface area contributed by atoms with Crippen LogP contribution in [-0.4, -0.2) is 103 Å². The zero-order chi connectivity index (χ0) is 44.1. The minimum Gasteiger partial charge on any atom is -0.507 e. The lowest BCUT2D eigenvalue weighted by Gasteiger charge is -2.42. The maximum absolute atomic E-state index is 14.3. The molecule has 3 aliphatic heterocycles. The highest BCUT2D eigenvalue weighted by Gasteiger charge is 2.44. The number of fused-ring (bicyclic) bond motifs is 1. The molecule has 2 aromatic carbocycles. The molecule has 0 spiro atoms. The second kappa shape index (κ2) is 17.5. The zero-order valence-electron chi connectivity index (χ0n) is 36.0. The molecule has 9 rings (SSSR count). The minimum atomic E-state index is -0.830. The molecule has 3 fully saturated rings. The van der Waals surface area contributed by atoms with Gasteiger partial charge in [-0.15, -0.1) is 32.9 Å². The molecule has 3 aliphatic rings. The Bertz CT molecular complexity index is 2640. The highest BCUT2D eigenvalue weighted by Crippen LogP contribution is 2.41. The predicted octanol–water partition coefficient (Wildman–Crippen LogP) is 7.21. The van der Waals surface area contributed by atoms with E-state index in [1.165, 1.54) is 9.78 Å². The van der Waals surface area contributed by atoms with Crippen molar-refractivity contribution in [2.45, 2.75) is 83.9 Å². The van der Waals surface area contributed by atoms with Gasteiger partial charge < -0.3 is 34.8 Å². The summed E-state index contributed by atoms with van der Waals surface area (Å²) in [6.07, 6.45) is 0.678. The summed E-state index contributed by atoms with van der Waals surface area (Å²) in [6, 6.07) is 17.8. The van der Waals surface area contributed by atoms with Gasteiger partial charge in [0.05, 0.1) is 33.9 Å². The third kappa shape index (κ3) is 8.31. The molecule has 14 nitrogen and oxygen atoms in total. The third-order valence-electron chi connectivity index (χ3n) is 13.0. The highest BCUT2D eigenvalue weighted by atomic mass is 32.1. The number of aliphatic hydroxyl groups is 1. The monoisotopic (exact) mass is 888 g/mol. The lowest BCUT2D eigenvalue weighted by atomic mass is 9.89. The number of para-hydroxylation sites is 1. The van der Waals surface area contributed by atoms with E-state index in [4.69, 9.17) is 4.52 Å². The Balaban J connectivity index is 0.791. The van der Waals surface area contributed by atoms with Gasteiger partial charge >= 0.3 is 0 Å². The van der Waals surface area contributed by atoms with Crippen molar-refractivity contribution in [1.29, 1.82) is 0 Å². The Labute approximate surface area is 373 Å². The van der Waals surface area contributed by atoms with Crippen molar-refractivity contribution in [3.8, 4) is 27.4 Å². The Morgan fingerprint density at radius 2 is 1.70 bits per heavy atom. The van der Waals surface area contributed by atoms with Gasteiger partial charge in [0.2, 0.25) is 17.7 Å². The molecule has 6 aromatic rings. The van der Waals surface area contributed by atoms with Gasteiger partial charge in [-0.3, -0.25) is 14.4 Å². The summed E-state index contributed by atoms with van der Waals surface area (Å²) in [5, 5.41) is 38.4. The molecule has 0 radical (unpaired) electrons. The number of phenolic OH excluding ortho intramolecular Hbond substituents is 1. The molecule has 4 atom stereocenters. The second-order valence-corrected chi connectivity index (χ2v) is 19.5. The smallest absolute Gasteiger partial charge is 0.243 e. The zero-order valence-corrected chi connectivity index (χ0v) is 37.7. The molecule has 3 saturated heterocycles. The standard InChI is InChI=1S/C47H52N8O6S2/c1-25(2)41(47(60)55-23-33(56)18-37(55)44(58)49-27(4)29-10-12-30(13-11-29)43-28(5)48-24-62-43)39-20-40(52-61-39)53-16-14-31(15-17-53)46(59)54-21-32(22-54)42-26(3)35-19-36(50-51-45(35)63-42)34-8-6-7-9-38(34)57/h6-13,19-20,24-25,27,31-33,37,41,56-57H,14-18,21-23H2,1-5H3,(H,49,58)/t27-,33+,37-,41+/m0/s1. The molecule has 0 saturated carbocycles. The number of hydrogen-bond donors (Lipinski definition) is 3. The van der Waals surface area contributed by atoms with Crippen LogP contribution in [0.4, 0.5) is 5.82 Å². The number of aryl methyl sites for hydroxylation is 2. The van der Waals surface area contributed by atoms with E-state index in [1.807, 2.05) is 86.6 Å². The summed E-state index contributed by atoms with van der Waals surface area (Å²) in [5.74, 6) is 0.0562. The minimum absolute atomic E-state index is 0.0534. The van der Waals surface area contributed by atoms with Crippen molar-refractivity contribution in [2.24, 2.45) is 11.8 Å². The fourth-order valence-electron chi connectivity index (χ4n) is 9.38. The van der Waals surface area contributed by atoms with Crippen molar-refractivity contribution in [3.05, 3.63) is 93.6 Å². The van der Waals surface area contributed by atoms with Crippen molar-refractivity contribution in [1.82, 2.24) is 35.5 Å². The second-order valence-electron chi connectivity index (χ2n) is 17.6. The van der Waals surface area contributed by atoms with Crippen LogP contribution >= 0.6 is 22.7 Å². The lowest BCUT2D eigenvalue weighted by molar-refractivity contribution is -0.141. The Morgan fingerprint density at radius 3 is 2.40 bits per heavy atom. The van der Waals surface area contributed by atoms with Crippen LogP contribution in [0, 0.1) is 25.7 Å². The molecule has 0 unspecified atom stereocenters. The van der Waals surface area contributed by atoms with Gasteiger partial charge in [-0.1, -0.05) is 55.4 Å². The number of thiazole rings is 1. The molecule has 0 aliphatic carbocycles. The molecule has 63 heavy (non-hydrogen) atoms. The number of carbonyl (C=O) groups is 3. The first-order valence-electron chi connectivity index (χ1n) is 21.7. The average molecular weight is 889 g/mol. The number of thiophene rings is 1. The van der Waals surface area contributed by atoms with Crippen LogP contribution < -0.4 is 10.2 Å². The van der Waals surface area contributed by atoms with Gasteiger partial charge in [0, 0.05) is 72.9 Å². The number of nitrogens with one attached hydrogen (secondary N) is 1. The molecule has 0 bridgehead atoms. The number of amides is 3. The number of anilines is 1. The first-order chi connectivity index (χ1) is 30.3. The largest absolute Gasteiger partial charge is 0.507 e. The SMILES string of the molecule is Cc1ncsc1-c1ccc([C@H](C)NC(=O)[C@@H]2C[C@@H](O)CN2C(=O)[C@@H](c2cc(N3CCC(C(=O)N4CC(c5sc6nnc(-c7ccccc7O)cc6c5C)C4)CC3)no2)C(C)C)cc1. The number of benzene rings is 2. The van der Waals surface area contributed by atoms with Crippen LogP contribution in [0.15, 0.2) is 70.7 Å². The number of phenols is 1. The van der Waals surface area contributed by atoms with E-state index in [1.54, 1.807) is 34.8 Å². The molecular weight excluding hydrogens is 837 g/mol.